The Morgan fingerprint density at radius 3 is 2.73 bits per heavy atom. The van der Waals surface area contributed by atoms with Gasteiger partial charge in [0.25, 0.3) is 0 Å². The summed E-state index contributed by atoms with van der Waals surface area (Å²) in [7, 11) is 2.20. The zero-order valence-electron chi connectivity index (χ0n) is 10.4. The molecular formula is C13H23NO. The molecule has 1 aliphatic heterocycles. The third-order valence-electron chi connectivity index (χ3n) is 4.66. The van der Waals surface area contributed by atoms with Crippen molar-refractivity contribution in [2.24, 2.45) is 23.2 Å². The molecule has 0 spiro atoms. The molecule has 1 saturated carbocycles. The van der Waals surface area contributed by atoms with E-state index in [9.17, 15) is 4.79 Å². The van der Waals surface area contributed by atoms with Crippen molar-refractivity contribution in [3.63, 3.8) is 0 Å². The maximum Gasteiger partial charge on any atom is 0.138 e. The van der Waals surface area contributed by atoms with Crippen molar-refractivity contribution >= 4 is 5.78 Å². The Kier molecular flexibility index (Phi) is 2.66. The number of hydrogen-bond acceptors (Lipinski definition) is 2. The van der Waals surface area contributed by atoms with Gasteiger partial charge in [0.2, 0.25) is 0 Å². The zero-order chi connectivity index (χ0) is 11.2. The van der Waals surface area contributed by atoms with E-state index >= 15 is 0 Å². The van der Waals surface area contributed by atoms with Gasteiger partial charge in [-0.05, 0) is 37.8 Å². The molecule has 1 aliphatic carbocycles. The number of ketones is 1. The first-order valence-electron chi connectivity index (χ1n) is 6.16. The van der Waals surface area contributed by atoms with Crippen LogP contribution in [0.1, 0.15) is 33.6 Å². The zero-order valence-corrected chi connectivity index (χ0v) is 10.4. The molecule has 0 aromatic rings. The largest absolute Gasteiger partial charge is 0.306 e. The monoisotopic (exact) mass is 209 g/mol. The Hall–Kier alpha value is -0.370. The topological polar surface area (TPSA) is 20.3 Å². The summed E-state index contributed by atoms with van der Waals surface area (Å²) in [6.07, 6.45) is 2.29. The van der Waals surface area contributed by atoms with Crippen LogP contribution in [-0.2, 0) is 4.79 Å². The molecule has 0 bridgehead atoms. The molecule has 1 heterocycles. The van der Waals surface area contributed by atoms with Crippen LogP contribution in [-0.4, -0.2) is 30.8 Å². The third-order valence-corrected chi connectivity index (χ3v) is 4.66. The summed E-state index contributed by atoms with van der Waals surface area (Å²) in [4.78, 5) is 14.4. The normalized spacial score (nSPS) is 47.7. The van der Waals surface area contributed by atoms with Crippen molar-refractivity contribution in [2.75, 3.05) is 20.1 Å². The summed E-state index contributed by atoms with van der Waals surface area (Å²) in [5.41, 5.74) is 0.375. The lowest BCUT2D eigenvalue weighted by atomic mass is 9.57. The quantitative estimate of drug-likeness (QED) is 0.609. The fraction of sp³-hybridized carbons (Fsp3) is 0.923. The van der Waals surface area contributed by atoms with Crippen LogP contribution in [0.3, 0.4) is 0 Å². The van der Waals surface area contributed by atoms with Crippen LogP contribution in [0.5, 0.6) is 0 Å². The number of carbonyl (C=O) groups is 1. The SMILES string of the molecule is CC1CC2(C)CN(C)CCC2C(C)C1=O. The molecule has 0 aromatic heterocycles. The number of hydrogen-bond donors (Lipinski definition) is 0. The molecule has 15 heavy (non-hydrogen) atoms. The number of piperidine rings is 1. The molecule has 2 heteroatoms. The van der Waals surface area contributed by atoms with E-state index in [0.717, 1.165) is 13.0 Å². The minimum Gasteiger partial charge on any atom is -0.306 e. The summed E-state index contributed by atoms with van der Waals surface area (Å²) >= 11 is 0. The summed E-state index contributed by atoms with van der Waals surface area (Å²) in [5, 5.41) is 0. The van der Waals surface area contributed by atoms with E-state index in [4.69, 9.17) is 0 Å². The minimum absolute atomic E-state index is 0.271. The molecular weight excluding hydrogens is 186 g/mol. The average molecular weight is 209 g/mol. The maximum atomic E-state index is 12.0. The number of carbonyl (C=O) groups excluding carboxylic acids is 1. The van der Waals surface area contributed by atoms with Crippen LogP contribution >= 0.6 is 0 Å². The Morgan fingerprint density at radius 1 is 1.40 bits per heavy atom. The lowest BCUT2D eigenvalue weighted by Gasteiger charge is -2.52. The predicted molar refractivity (Wildman–Crippen MR) is 61.7 cm³/mol. The van der Waals surface area contributed by atoms with Gasteiger partial charge in [-0.25, -0.2) is 0 Å². The number of nitrogens with zero attached hydrogens (tertiary/aromatic N) is 1. The summed E-state index contributed by atoms with van der Waals surface area (Å²) in [6.45, 7) is 8.96. The van der Waals surface area contributed by atoms with Crippen LogP contribution in [0.4, 0.5) is 0 Å². The van der Waals surface area contributed by atoms with Crippen LogP contribution in [0, 0.1) is 23.2 Å². The number of fused-ring (bicyclic) bond motifs is 1. The van der Waals surface area contributed by atoms with Crippen molar-refractivity contribution in [1.82, 2.24) is 4.90 Å². The first kappa shape index (κ1) is 11.1. The molecule has 0 aromatic carbocycles. The molecule has 4 unspecified atom stereocenters. The molecule has 1 saturated heterocycles. The summed E-state index contributed by atoms with van der Waals surface area (Å²) in [6, 6.07) is 0. The van der Waals surface area contributed by atoms with Gasteiger partial charge >= 0.3 is 0 Å². The number of Topliss-reactive ketones (excluding diaryl/α,β-unsaturated/α-hetero) is 1. The second-order valence-corrected chi connectivity index (χ2v) is 6.08. The van der Waals surface area contributed by atoms with Crippen LogP contribution < -0.4 is 0 Å². The first-order valence-corrected chi connectivity index (χ1v) is 6.16. The van der Waals surface area contributed by atoms with E-state index < -0.39 is 0 Å². The van der Waals surface area contributed by atoms with Gasteiger partial charge in [0.05, 0.1) is 0 Å². The van der Waals surface area contributed by atoms with E-state index in [2.05, 4.69) is 32.7 Å². The van der Waals surface area contributed by atoms with Gasteiger partial charge < -0.3 is 4.90 Å². The van der Waals surface area contributed by atoms with Gasteiger partial charge in [-0.2, -0.15) is 0 Å². The van der Waals surface area contributed by atoms with Crippen molar-refractivity contribution < 1.29 is 4.79 Å². The van der Waals surface area contributed by atoms with Crippen molar-refractivity contribution in [2.45, 2.75) is 33.6 Å². The van der Waals surface area contributed by atoms with Gasteiger partial charge in [-0.3, -0.25) is 4.79 Å². The minimum atomic E-state index is 0.271. The highest BCUT2D eigenvalue weighted by atomic mass is 16.1. The standard InChI is InChI=1S/C13H23NO/c1-9-7-13(3)8-14(4)6-5-11(13)10(2)12(9)15/h9-11H,5-8H2,1-4H3. The van der Waals surface area contributed by atoms with Gasteiger partial charge in [0.1, 0.15) is 5.78 Å². The molecule has 2 fully saturated rings. The summed E-state index contributed by atoms with van der Waals surface area (Å²) in [5.74, 6) is 1.68. The highest BCUT2D eigenvalue weighted by molar-refractivity contribution is 5.84. The fourth-order valence-corrected chi connectivity index (χ4v) is 4.04. The molecule has 2 aliphatic rings. The highest BCUT2D eigenvalue weighted by Crippen LogP contribution is 2.48. The Bertz CT molecular complexity index is 276. The van der Waals surface area contributed by atoms with E-state index in [1.54, 1.807) is 0 Å². The van der Waals surface area contributed by atoms with E-state index in [1.807, 2.05) is 0 Å². The average Bonchev–Trinajstić information content (AvgIpc) is 2.13. The Morgan fingerprint density at radius 2 is 2.07 bits per heavy atom. The van der Waals surface area contributed by atoms with Crippen LogP contribution in [0.15, 0.2) is 0 Å². The lowest BCUT2D eigenvalue weighted by molar-refractivity contribution is -0.139. The van der Waals surface area contributed by atoms with E-state index in [-0.39, 0.29) is 11.8 Å². The Labute approximate surface area is 93.0 Å². The summed E-state index contributed by atoms with van der Waals surface area (Å²) < 4.78 is 0. The molecule has 0 N–H and O–H groups in total. The molecule has 86 valence electrons. The first-order chi connectivity index (χ1) is 6.94. The third kappa shape index (κ3) is 1.73. The fourth-order valence-electron chi connectivity index (χ4n) is 4.04. The van der Waals surface area contributed by atoms with Crippen LogP contribution in [0.2, 0.25) is 0 Å². The van der Waals surface area contributed by atoms with E-state index in [1.165, 1.54) is 13.0 Å². The molecule has 0 amide bonds. The van der Waals surface area contributed by atoms with Gasteiger partial charge in [-0.1, -0.05) is 20.8 Å². The van der Waals surface area contributed by atoms with Crippen LogP contribution in [0.25, 0.3) is 0 Å². The predicted octanol–water partition coefficient (Wildman–Crippen LogP) is 2.19. The molecule has 2 nitrogen and oxygen atoms in total. The van der Waals surface area contributed by atoms with Gasteiger partial charge in [0, 0.05) is 18.4 Å². The lowest BCUT2D eigenvalue weighted by Crippen LogP contribution is -2.53. The maximum absolute atomic E-state index is 12.0. The van der Waals surface area contributed by atoms with E-state index in [0.29, 0.717) is 17.1 Å². The second-order valence-electron chi connectivity index (χ2n) is 6.08. The number of likely N-dealkylation sites (tertiary alicyclic amines) is 1. The molecule has 0 radical (unpaired) electrons. The highest BCUT2D eigenvalue weighted by Gasteiger charge is 2.48. The van der Waals surface area contributed by atoms with Gasteiger partial charge in [-0.15, -0.1) is 0 Å². The number of rotatable bonds is 0. The van der Waals surface area contributed by atoms with Crippen molar-refractivity contribution in [3.8, 4) is 0 Å². The van der Waals surface area contributed by atoms with Gasteiger partial charge in [0.15, 0.2) is 0 Å². The van der Waals surface area contributed by atoms with Crippen molar-refractivity contribution in [3.05, 3.63) is 0 Å². The molecule has 4 atom stereocenters. The van der Waals surface area contributed by atoms with Crippen molar-refractivity contribution in [1.29, 1.82) is 0 Å². The molecule has 2 rings (SSSR count). The second kappa shape index (κ2) is 3.58. The smallest absolute Gasteiger partial charge is 0.138 e. The Balaban J connectivity index is 2.24.